The second-order valence-corrected chi connectivity index (χ2v) is 6.21. The Bertz CT molecular complexity index is 917. The fraction of sp³-hybridized carbons (Fsp3) is 0.235. The molecule has 0 radical (unpaired) electrons. The number of carbonyl (C=O) groups excluding carboxylic acids is 1. The number of amides is 1. The zero-order chi connectivity index (χ0) is 17.1. The lowest BCUT2D eigenvalue weighted by molar-refractivity contribution is 0.0997. The van der Waals surface area contributed by atoms with Gasteiger partial charge in [0.2, 0.25) is 0 Å². The third-order valence-electron chi connectivity index (χ3n) is 3.60. The summed E-state index contributed by atoms with van der Waals surface area (Å²) in [5.74, 6) is 1.04. The minimum absolute atomic E-state index is 0.296. The van der Waals surface area contributed by atoms with Gasteiger partial charge in [0.25, 0.3) is 5.91 Å². The largest absolute Gasteiger partial charge is 0.489 e. The van der Waals surface area contributed by atoms with Crippen molar-refractivity contribution in [1.29, 1.82) is 0 Å². The van der Waals surface area contributed by atoms with Crippen molar-refractivity contribution in [1.82, 2.24) is 9.72 Å². The van der Waals surface area contributed by atoms with Crippen LogP contribution in [0.3, 0.4) is 0 Å². The highest BCUT2D eigenvalue weighted by Gasteiger charge is 2.11. The molecule has 2 aromatic heterocycles. The molecule has 124 valence electrons. The lowest BCUT2D eigenvalue weighted by Gasteiger charge is -2.06. The van der Waals surface area contributed by atoms with Crippen LogP contribution in [0, 0.1) is 13.8 Å². The van der Waals surface area contributed by atoms with Crippen LogP contribution < -0.4 is 9.54 Å². The van der Waals surface area contributed by atoms with E-state index in [0.29, 0.717) is 22.7 Å². The molecule has 2 heterocycles. The van der Waals surface area contributed by atoms with E-state index in [0.717, 1.165) is 17.0 Å². The molecule has 3 rings (SSSR count). The molecule has 1 aromatic carbocycles. The van der Waals surface area contributed by atoms with Crippen molar-refractivity contribution in [3.63, 3.8) is 0 Å². The Morgan fingerprint density at radius 2 is 2.25 bits per heavy atom. The first-order valence-corrected chi connectivity index (χ1v) is 8.26. The van der Waals surface area contributed by atoms with Crippen molar-refractivity contribution in [3.8, 4) is 5.75 Å². The Balaban J connectivity index is 1.77. The van der Waals surface area contributed by atoms with Crippen LogP contribution in [-0.2, 0) is 13.7 Å². The van der Waals surface area contributed by atoms with E-state index in [2.05, 4.69) is 10.1 Å². The van der Waals surface area contributed by atoms with Crippen molar-refractivity contribution in [2.24, 2.45) is 12.0 Å². The lowest BCUT2D eigenvalue weighted by Crippen LogP contribution is -2.12. The highest BCUT2D eigenvalue weighted by Crippen LogP contribution is 2.18. The molecule has 0 bridgehead atoms. The first-order chi connectivity index (χ1) is 11.5. The Kier molecular flexibility index (Phi) is 4.61. The van der Waals surface area contributed by atoms with Crippen molar-refractivity contribution in [2.45, 2.75) is 20.5 Å². The Labute approximate surface area is 143 Å². The number of rotatable bonds is 4. The number of carbonyl (C=O) groups is 1. The van der Waals surface area contributed by atoms with E-state index in [9.17, 15) is 4.79 Å². The maximum atomic E-state index is 12.3. The molecule has 0 aliphatic rings. The Morgan fingerprint density at radius 1 is 1.42 bits per heavy atom. The maximum Gasteiger partial charge on any atom is 0.279 e. The molecule has 0 saturated carbocycles. The normalized spacial score (nSPS) is 11.7. The molecule has 0 fully saturated rings. The number of aryl methyl sites for hydroxylation is 3. The summed E-state index contributed by atoms with van der Waals surface area (Å²) in [7, 11) is 1.85. The van der Waals surface area contributed by atoms with Crippen LogP contribution in [0.1, 0.15) is 27.4 Å². The minimum Gasteiger partial charge on any atom is -0.489 e. The van der Waals surface area contributed by atoms with Crippen LogP contribution in [0.2, 0.25) is 0 Å². The number of thiazole rings is 1. The van der Waals surface area contributed by atoms with E-state index in [-0.39, 0.29) is 5.91 Å². The fourth-order valence-electron chi connectivity index (χ4n) is 2.17. The Hall–Kier alpha value is -2.67. The molecule has 0 saturated heterocycles. The summed E-state index contributed by atoms with van der Waals surface area (Å²) in [5, 5.41) is 5.78. The molecule has 0 atom stereocenters. The number of hydrogen-bond donors (Lipinski definition) is 0. The van der Waals surface area contributed by atoms with Gasteiger partial charge in [0.1, 0.15) is 18.1 Å². The van der Waals surface area contributed by atoms with Crippen LogP contribution >= 0.6 is 11.3 Å². The minimum atomic E-state index is -0.296. The first kappa shape index (κ1) is 16.2. The summed E-state index contributed by atoms with van der Waals surface area (Å²) >= 11 is 1.42. The lowest BCUT2D eigenvalue weighted by atomic mass is 10.2. The van der Waals surface area contributed by atoms with Gasteiger partial charge in [-0.05, 0) is 32.0 Å². The van der Waals surface area contributed by atoms with Gasteiger partial charge in [-0.1, -0.05) is 11.2 Å². The predicted octanol–water partition coefficient (Wildman–Crippen LogP) is 3.01. The van der Waals surface area contributed by atoms with E-state index in [1.54, 1.807) is 28.8 Å². The van der Waals surface area contributed by atoms with Gasteiger partial charge in [-0.2, -0.15) is 4.99 Å². The number of nitrogens with zero attached hydrogens (tertiary/aromatic N) is 3. The summed E-state index contributed by atoms with van der Waals surface area (Å²) in [6.45, 7) is 4.06. The van der Waals surface area contributed by atoms with E-state index in [1.165, 1.54) is 11.3 Å². The zero-order valence-electron chi connectivity index (χ0n) is 13.6. The summed E-state index contributed by atoms with van der Waals surface area (Å²) in [6, 6.07) is 7.00. The van der Waals surface area contributed by atoms with E-state index in [1.807, 2.05) is 32.5 Å². The summed E-state index contributed by atoms with van der Waals surface area (Å²) in [4.78, 5) is 17.1. The molecule has 24 heavy (non-hydrogen) atoms. The first-order valence-electron chi connectivity index (χ1n) is 7.38. The van der Waals surface area contributed by atoms with E-state index < -0.39 is 0 Å². The van der Waals surface area contributed by atoms with Crippen molar-refractivity contribution < 1.29 is 14.1 Å². The quantitative estimate of drug-likeness (QED) is 0.730. The van der Waals surface area contributed by atoms with Crippen molar-refractivity contribution in [3.05, 3.63) is 63.2 Å². The number of ether oxygens (including phenoxy) is 1. The van der Waals surface area contributed by atoms with E-state index in [4.69, 9.17) is 9.26 Å². The van der Waals surface area contributed by atoms with Gasteiger partial charge in [-0.15, -0.1) is 11.3 Å². The third-order valence-corrected chi connectivity index (χ3v) is 4.45. The molecule has 0 aliphatic carbocycles. The number of hydrogen-bond acceptors (Lipinski definition) is 5. The number of aromatic nitrogens is 2. The van der Waals surface area contributed by atoms with Gasteiger partial charge in [-0.3, -0.25) is 4.79 Å². The summed E-state index contributed by atoms with van der Waals surface area (Å²) in [6.07, 6.45) is 1.86. The predicted molar refractivity (Wildman–Crippen MR) is 89.9 cm³/mol. The summed E-state index contributed by atoms with van der Waals surface area (Å²) < 4.78 is 12.7. The molecule has 0 N–H and O–H groups in total. The van der Waals surface area contributed by atoms with Crippen LogP contribution in [0.5, 0.6) is 5.75 Å². The van der Waals surface area contributed by atoms with Crippen molar-refractivity contribution >= 4 is 17.2 Å². The average Bonchev–Trinajstić information content (AvgIpc) is 3.12. The second-order valence-electron chi connectivity index (χ2n) is 5.33. The molecule has 3 aromatic rings. The van der Waals surface area contributed by atoms with E-state index >= 15 is 0 Å². The Morgan fingerprint density at radius 3 is 2.92 bits per heavy atom. The van der Waals surface area contributed by atoms with Crippen LogP contribution in [0.4, 0.5) is 0 Å². The smallest absolute Gasteiger partial charge is 0.279 e. The molecular formula is C17H17N3O3S. The third kappa shape index (κ3) is 3.46. The standard InChI is InChI=1S/C17H17N3O3S/c1-11-15(12(2)23-19-11)10-22-14-6-4-5-13(9-14)16(21)18-17-20(3)7-8-24-17/h4-9H,10H2,1-3H3/b18-17+. The van der Waals surface area contributed by atoms with Crippen LogP contribution in [0.15, 0.2) is 45.4 Å². The van der Waals surface area contributed by atoms with Crippen LogP contribution in [0.25, 0.3) is 0 Å². The summed E-state index contributed by atoms with van der Waals surface area (Å²) in [5.41, 5.74) is 2.21. The van der Waals surface area contributed by atoms with Gasteiger partial charge >= 0.3 is 0 Å². The SMILES string of the molecule is Cc1noc(C)c1COc1cccc(C(=O)/N=c2/sccn2C)c1. The van der Waals surface area contributed by atoms with Gasteiger partial charge in [0.15, 0.2) is 4.80 Å². The highest BCUT2D eigenvalue weighted by molar-refractivity contribution is 7.07. The van der Waals surface area contributed by atoms with Gasteiger partial charge in [-0.25, -0.2) is 0 Å². The van der Waals surface area contributed by atoms with Gasteiger partial charge in [0.05, 0.1) is 11.3 Å². The molecule has 0 aliphatic heterocycles. The molecule has 7 heteroatoms. The molecule has 1 amide bonds. The number of benzene rings is 1. The van der Waals surface area contributed by atoms with Gasteiger partial charge < -0.3 is 13.8 Å². The topological polar surface area (TPSA) is 69.6 Å². The fourth-order valence-corrected chi connectivity index (χ4v) is 2.90. The zero-order valence-corrected chi connectivity index (χ0v) is 14.5. The monoisotopic (exact) mass is 343 g/mol. The van der Waals surface area contributed by atoms with Gasteiger partial charge in [0, 0.05) is 24.2 Å². The second kappa shape index (κ2) is 6.84. The molecule has 6 nitrogen and oxygen atoms in total. The highest BCUT2D eigenvalue weighted by atomic mass is 32.1. The van der Waals surface area contributed by atoms with Crippen molar-refractivity contribution in [2.75, 3.05) is 0 Å². The average molecular weight is 343 g/mol. The molecule has 0 unspecified atom stereocenters. The maximum absolute atomic E-state index is 12.3. The molecular weight excluding hydrogens is 326 g/mol. The van der Waals surface area contributed by atoms with Crippen LogP contribution in [-0.4, -0.2) is 15.6 Å². The molecule has 0 spiro atoms.